The van der Waals surface area contributed by atoms with Crippen LogP contribution in [-0.2, 0) is 6.54 Å². The minimum absolute atomic E-state index is 0.157. The molecule has 1 atom stereocenters. The highest BCUT2D eigenvalue weighted by Gasteiger charge is 2.22. The maximum Gasteiger partial charge on any atom is 0.253 e. The van der Waals surface area contributed by atoms with Crippen LogP contribution in [0.4, 0.5) is 0 Å². The number of thioether (sulfide) groups is 1. The number of hydrogen-bond donors (Lipinski definition) is 1. The Morgan fingerprint density at radius 3 is 2.74 bits per heavy atom. The highest BCUT2D eigenvalue weighted by molar-refractivity contribution is 7.99. The van der Waals surface area contributed by atoms with Crippen LogP contribution in [0.2, 0.25) is 0 Å². The van der Waals surface area contributed by atoms with E-state index in [0.717, 1.165) is 30.6 Å². The highest BCUT2D eigenvalue weighted by atomic mass is 32.2. The monoisotopic (exact) mass is 278 g/mol. The van der Waals surface area contributed by atoms with Crippen molar-refractivity contribution in [1.82, 2.24) is 4.90 Å². The van der Waals surface area contributed by atoms with E-state index in [1.807, 2.05) is 40.9 Å². The van der Waals surface area contributed by atoms with Crippen LogP contribution >= 0.6 is 11.8 Å². The summed E-state index contributed by atoms with van der Waals surface area (Å²) in [7, 11) is 0. The standard InChI is InChI=1S/C15H22N2OS/c1-19-14-4-2-3-9-17(11-14)15(18)13-7-5-12(10-16)6-8-13/h5-8,14H,2-4,9-11,16H2,1H3. The third-order valence-corrected chi connectivity index (χ3v) is 4.74. The first-order valence-electron chi connectivity index (χ1n) is 6.85. The molecule has 0 spiro atoms. The van der Waals surface area contributed by atoms with Gasteiger partial charge in [0, 0.05) is 30.4 Å². The lowest BCUT2D eigenvalue weighted by Gasteiger charge is -2.23. The summed E-state index contributed by atoms with van der Waals surface area (Å²) in [4.78, 5) is 14.5. The van der Waals surface area contributed by atoms with Gasteiger partial charge in [-0.3, -0.25) is 4.79 Å². The van der Waals surface area contributed by atoms with E-state index in [-0.39, 0.29) is 5.91 Å². The normalized spacial score (nSPS) is 20.1. The molecule has 1 unspecified atom stereocenters. The molecular formula is C15H22N2OS. The molecule has 4 heteroatoms. The van der Waals surface area contributed by atoms with Gasteiger partial charge in [-0.05, 0) is 36.8 Å². The third-order valence-electron chi connectivity index (χ3n) is 3.69. The molecule has 2 N–H and O–H groups in total. The third kappa shape index (κ3) is 3.74. The van der Waals surface area contributed by atoms with Crippen molar-refractivity contribution in [2.75, 3.05) is 19.3 Å². The van der Waals surface area contributed by atoms with E-state index in [1.165, 1.54) is 12.8 Å². The molecule has 1 aromatic rings. The number of benzene rings is 1. The fraction of sp³-hybridized carbons (Fsp3) is 0.533. The van der Waals surface area contributed by atoms with Crippen LogP contribution in [0.3, 0.4) is 0 Å². The lowest BCUT2D eigenvalue weighted by atomic mass is 10.1. The van der Waals surface area contributed by atoms with Gasteiger partial charge in [0.2, 0.25) is 0 Å². The first-order valence-corrected chi connectivity index (χ1v) is 8.14. The highest BCUT2D eigenvalue weighted by Crippen LogP contribution is 2.21. The second-order valence-corrected chi connectivity index (χ2v) is 6.14. The Morgan fingerprint density at radius 2 is 2.11 bits per heavy atom. The van der Waals surface area contributed by atoms with Crippen molar-refractivity contribution in [3.05, 3.63) is 35.4 Å². The molecule has 0 bridgehead atoms. The van der Waals surface area contributed by atoms with Gasteiger partial charge in [-0.25, -0.2) is 0 Å². The Balaban J connectivity index is 2.08. The van der Waals surface area contributed by atoms with Crippen molar-refractivity contribution in [1.29, 1.82) is 0 Å². The van der Waals surface area contributed by atoms with E-state index in [4.69, 9.17) is 5.73 Å². The molecule has 0 aliphatic carbocycles. The van der Waals surface area contributed by atoms with Gasteiger partial charge >= 0.3 is 0 Å². The maximum absolute atomic E-state index is 12.5. The van der Waals surface area contributed by atoms with Crippen LogP contribution < -0.4 is 5.73 Å². The summed E-state index contributed by atoms with van der Waals surface area (Å²) in [6.45, 7) is 2.28. The van der Waals surface area contributed by atoms with E-state index < -0.39 is 0 Å². The van der Waals surface area contributed by atoms with Gasteiger partial charge < -0.3 is 10.6 Å². The summed E-state index contributed by atoms with van der Waals surface area (Å²) in [5.74, 6) is 0.157. The molecule has 104 valence electrons. The topological polar surface area (TPSA) is 46.3 Å². The van der Waals surface area contributed by atoms with E-state index in [9.17, 15) is 4.79 Å². The quantitative estimate of drug-likeness (QED) is 0.924. The molecule has 1 aliphatic rings. The summed E-state index contributed by atoms with van der Waals surface area (Å²) in [5.41, 5.74) is 7.42. The number of rotatable bonds is 3. The zero-order chi connectivity index (χ0) is 13.7. The summed E-state index contributed by atoms with van der Waals surface area (Å²) in [6.07, 6.45) is 5.69. The Kier molecular flexibility index (Phi) is 5.28. The number of nitrogens with zero attached hydrogens (tertiary/aromatic N) is 1. The molecule has 0 aromatic heterocycles. The number of carbonyl (C=O) groups excluding carboxylic acids is 1. The predicted octanol–water partition coefficient (Wildman–Crippen LogP) is 2.50. The molecule has 0 saturated carbocycles. The van der Waals surface area contributed by atoms with Crippen molar-refractivity contribution in [2.45, 2.75) is 31.1 Å². The molecule has 0 radical (unpaired) electrons. The van der Waals surface area contributed by atoms with Crippen molar-refractivity contribution in [2.24, 2.45) is 5.73 Å². The van der Waals surface area contributed by atoms with Gasteiger partial charge in [-0.2, -0.15) is 11.8 Å². The summed E-state index contributed by atoms with van der Waals surface area (Å²) >= 11 is 1.87. The molecule has 19 heavy (non-hydrogen) atoms. The minimum atomic E-state index is 0.157. The van der Waals surface area contributed by atoms with Crippen molar-refractivity contribution in [3.8, 4) is 0 Å². The number of nitrogens with two attached hydrogens (primary N) is 1. The first-order chi connectivity index (χ1) is 9.24. The maximum atomic E-state index is 12.5. The lowest BCUT2D eigenvalue weighted by molar-refractivity contribution is 0.0763. The first kappa shape index (κ1) is 14.4. The van der Waals surface area contributed by atoms with E-state index >= 15 is 0 Å². The van der Waals surface area contributed by atoms with Crippen LogP contribution in [0.25, 0.3) is 0 Å². The molecule has 1 aromatic carbocycles. The number of amides is 1. The van der Waals surface area contributed by atoms with Crippen molar-refractivity contribution >= 4 is 17.7 Å². The summed E-state index contributed by atoms with van der Waals surface area (Å²) in [5, 5.41) is 0.578. The molecule has 3 nitrogen and oxygen atoms in total. The van der Waals surface area contributed by atoms with Crippen molar-refractivity contribution < 1.29 is 4.79 Å². The van der Waals surface area contributed by atoms with Crippen LogP contribution in [0.5, 0.6) is 0 Å². The van der Waals surface area contributed by atoms with Crippen LogP contribution in [0, 0.1) is 0 Å². The molecular weight excluding hydrogens is 256 g/mol. The average molecular weight is 278 g/mol. The van der Waals surface area contributed by atoms with Crippen LogP contribution in [-0.4, -0.2) is 35.4 Å². The fourth-order valence-electron chi connectivity index (χ4n) is 2.45. The Labute approximate surface area is 119 Å². The fourth-order valence-corrected chi connectivity index (χ4v) is 3.18. The van der Waals surface area contributed by atoms with E-state index in [0.29, 0.717) is 11.8 Å². The van der Waals surface area contributed by atoms with Crippen LogP contribution in [0.1, 0.15) is 35.2 Å². The Bertz CT molecular complexity index is 419. The lowest BCUT2D eigenvalue weighted by Crippen LogP contribution is -2.35. The number of likely N-dealkylation sites (tertiary alicyclic amines) is 1. The van der Waals surface area contributed by atoms with Gasteiger partial charge in [0.05, 0.1) is 0 Å². The number of carbonyl (C=O) groups is 1. The van der Waals surface area contributed by atoms with E-state index in [2.05, 4.69) is 6.26 Å². The summed E-state index contributed by atoms with van der Waals surface area (Å²) in [6, 6.07) is 7.67. The van der Waals surface area contributed by atoms with Gasteiger partial charge in [0.25, 0.3) is 5.91 Å². The zero-order valence-corrected chi connectivity index (χ0v) is 12.3. The molecule has 1 aliphatic heterocycles. The SMILES string of the molecule is CSC1CCCCN(C(=O)c2ccc(CN)cc2)C1. The van der Waals surface area contributed by atoms with Gasteiger partial charge in [-0.15, -0.1) is 0 Å². The second kappa shape index (κ2) is 6.96. The minimum Gasteiger partial charge on any atom is -0.338 e. The zero-order valence-electron chi connectivity index (χ0n) is 11.5. The number of hydrogen-bond acceptors (Lipinski definition) is 3. The van der Waals surface area contributed by atoms with Crippen molar-refractivity contribution in [3.63, 3.8) is 0 Å². The second-order valence-electron chi connectivity index (χ2n) is 5.01. The molecule has 1 amide bonds. The van der Waals surface area contributed by atoms with Crippen LogP contribution in [0.15, 0.2) is 24.3 Å². The largest absolute Gasteiger partial charge is 0.338 e. The molecule has 1 fully saturated rings. The Morgan fingerprint density at radius 1 is 1.37 bits per heavy atom. The Hall–Kier alpha value is -1.00. The average Bonchev–Trinajstić information content (AvgIpc) is 2.72. The van der Waals surface area contributed by atoms with Gasteiger partial charge in [0.1, 0.15) is 0 Å². The van der Waals surface area contributed by atoms with Gasteiger partial charge in [-0.1, -0.05) is 18.6 Å². The predicted molar refractivity (Wildman–Crippen MR) is 81.4 cm³/mol. The molecule has 1 heterocycles. The smallest absolute Gasteiger partial charge is 0.253 e. The molecule has 2 rings (SSSR count). The molecule has 1 saturated heterocycles. The summed E-state index contributed by atoms with van der Waals surface area (Å²) < 4.78 is 0. The van der Waals surface area contributed by atoms with Gasteiger partial charge in [0.15, 0.2) is 0 Å². The van der Waals surface area contributed by atoms with E-state index in [1.54, 1.807) is 0 Å².